The molecule has 0 amide bonds. The number of hydrogen-bond acceptors (Lipinski definition) is 3. The Morgan fingerprint density at radius 2 is 2.10 bits per heavy atom. The van der Waals surface area contributed by atoms with E-state index in [-0.39, 0.29) is 17.3 Å². The lowest BCUT2D eigenvalue weighted by atomic mass is 9.89. The van der Waals surface area contributed by atoms with E-state index in [1.165, 1.54) is 6.07 Å². The van der Waals surface area contributed by atoms with E-state index in [9.17, 15) is 13.2 Å². The summed E-state index contributed by atoms with van der Waals surface area (Å²) in [7, 11) is 0. The molecule has 0 aliphatic carbocycles. The lowest BCUT2D eigenvalue weighted by Crippen LogP contribution is -2.44. The zero-order valence-electron chi connectivity index (χ0n) is 10.9. The van der Waals surface area contributed by atoms with Crippen LogP contribution in [0.1, 0.15) is 19.3 Å². The smallest absolute Gasteiger partial charge is 0.196 e. The number of halogens is 3. The van der Waals surface area contributed by atoms with Crippen molar-refractivity contribution >= 4 is 17.4 Å². The predicted molar refractivity (Wildman–Crippen MR) is 73.6 cm³/mol. The summed E-state index contributed by atoms with van der Waals surface area (Å²) in [6.07, 6.45) is 2.51. The molecule has 20 heavy (non-hydrogen) atoms. The first-order chi connectivity index (χ1) is 9.60. The molecule has 110 valence electrons. The molecule has 2 saturated heterocycles. The van der Waals surface area contributed by atoms with Crippen molar-refractivity contribution in [1.29, 1.82) is 0 Å². The van der Waals surface area contributed by atoms with Gasteiger partial charge in [0, 0.05) is 18.4 Å². The van der Waals surface area contributed by atoms with Gasteiger partial charge in [0.25, 0.3) is 0 Å². The second-order valence-electron chi connectivity index (χ2n) is 5.39. The van der Waals surface area contributed by atoms with Crippen LogP contribution in [0.15, 0.2) is 12.1 Å². The van der Waals surface area contributed by atoms with E-state index in [0.29, 0.717) is 6.61 Å². The molecule has 3 rings (SSSR count). The number of ether oxygens (including phenoxy) is 1. The van der Waals surface area contributed by atoms with Gasteiger partial charge in [-0.2, -0.15) is 11.8 Å². The van der Waals surface area contributed by atoms with E-state index in [2.05, 4.69) is 5.32 Å². The molecule has 1 aromatic carbocycles. The van der Waals surface area contributed by atoms with E-state index in [1.54, 1.807) is 0 Å². The van der Waals surface area contributed by atoms with E-state index in [4.69, 9.17) is 4.74 Å². The Kier molecular flexibility index (Phi) is 3.86. The Labute approximate surface area is 120 Å². The van der Waals surface area contributed by atoms with Crippen molar-refractivity contribution in [3.63, 3.8) is 0 Å². The molecule has 1 aromatic rings. The molecule has 2 unspecified atom stereocenters. The number of nitrogens with one attached hydrogen (secondary N) is 1. The van der Waals surface area contributed by atoms with Gasteiger partial charge in [-0.3, -0.25) is 0 Å². The van der Waals surface area contributed by atoms with Gasteiger partial charge in [0.1, 0.15) is 0 Å². The van der Waals surface area contributed by atoms with Crippen molar-refractivity contribution in [2.45, 2.75) is 30.9 Å². The summed E-state index contributed by atoms with van der Waals surface area (Å²) < 4.78 is 45.7. The maximum Gasteiger partial charge on any atom is 0.196 e. The number of anilines is 1. The molecular formula is C14H16F3NOS. The van der Waals surface area contributed by atoms with Gasteiger partial charge in [0.2, 0.25) is 0 Å². The Hall–Kier alpha value is -0.880. The largest absolute Gasteiger partial charge is 0.380 e. The summed E-state index contributed by atoms with van der Waals surface area (Å²) in [4.78, 5) is 0. The third-order valence-corrected chi connectivity index (χ3v) is 5.18. The van der Waals surface area contributed by atoms with Crippen LogP contribution in [-0.2, 0) is 4.74 Å². The van der Waals surface area contributed by atoms with Crippen LogP contribution in [0.5, 0.6) is 0 Å². The summed E-state index contributed by atoms with van der Waals surface area (Å²) in [6, 6.07) is 2.22. The fourth-order valence-corrected chi connectivity index (χ4v) is 4.25. The second kappa shape index (κ2) is 5.48. The topological polar surface area (TPSA) is 21.3 Å². The first-order valence-corrected chi connectivity index (χ1v) is 7.87. The Balaban J connectivity index is 1.73. The van der Waals surface area contributed by atoms with E-state index < -0.39 is 17.5 Å². The highest BCUT2D eigenvalue weighted by Crippen LogP contribution is 2.39. The number of hydrogen-bond donors (Lipinski definition) is 1. The fraction of sp³-hybridized carbons (Fsp3) is 0.571. The van der Waals surface area contributed by atoms with Gasteiger partial charge in [-0.25, -0.2) is 13.2 Å². The van der Waals surface area contributed by atoms with E-state index in [1.807, 2.05) is 11.8 Å². The van der Waals surface area contributed by atoms with E-state index >= 15 is 0 Å². The molecule has 0 bridgehead atoms. The Morgan fingerprint density at radius 3 is 2.85 bits per heavy atom. The second-order valence-corrected chi connectivity index (χ2v) is 6.50. The first kappa shape index (κ1) is 14.1. The molecule has 2 fully saturated rings. The molecule has 6 heteroatoms. The van der Waals surface area contributed by atoms with Crippen LogP contribution in [-0.4, -0.2) is 29.8 Å². The third-order valence-electron chi connectivity index (χ3n) is 3.95. The van der Waals surface area contributed by atoms with Crippen LogP contribution < -0.4 is 5.32 Å². The van der Waals surface area contributed by atoms with Gasteiger partial charge < -0.3 is 10.1 Å². The van der Waals surface area contributed by atoms with Crippen LogP contribution >= 0.6 is 11.8 Å². The quantitative estimate of drug-likeness (QED) is 0.844. The zero-order chi connectivity index (χ0) is 14.2. The minimum absolute atomic E-state index is 0.0246. The minimum atomic E-state index is -1.42. The van der Waals surface area contributed by atoms with Crippen molar-refractivity contribution in [3.05, 3.63) is 29.6 Å². The normalized spacial score (nSPS) is 29.9. The summed E-state index contributed by atoms with van der Waals surface area (Å²) in [5, 5.41) is 3.00. The molecule has 2 aliphatic rings. The molecule has 2 nitrogen and oxygen atoms in total. The molecule has 0 radical (unpaired) electrons. The van der Waals surface area contributed by atoms with Crippen LogP contribution in [0.25, 0.3) is 0 Å². The first-order valence-electron chi connectivity index (χ1n) is 6.71. The Morgan fingerprint density at radius 1 is 1.25 bits per heavy atom. The molecule has 0 saturated carbocycles. The number of thioether (sulfide) groups is 1. The summed E-state index contributed by atoms with van der Waals surface area (Å²) in [5.74, 6) is -1.71. The van der Waals surface area contributed by atoms with Crippen molar-refractivity contribution < 1.29 is 17.9 Å². The van der Waals surface area contributed by atoms with Gasteiger partial charge >= 0.3 is 0 Å². The van der Waals surface area contributed by atoms with Crippen LogP contribution in [0, 0.1) is 17.5 Å². The van der Waals surface area contributed by atoms with Crippen molar-refractivity contribution in [2.24, 2.45) is 0 Å². The van der Waals surface area contributed by atoms with Crippen LogP contribution in [0.2, 0.25) is 0 Å². The zero-order valence-corrected chi connectivity index (χ0v) is 11.7. The highest BCUT2D eigenvalue weighted by molar-refractivity contribution is 7.99. The van der Waals surface area contributed by atoms with Gasteiger partial charge in [0.15, 0.2) is 17.5 Å². The summed E-state index contributed by atoms with van der Waals surface area (Å²) >= 11 is 1.86. The molecular weight excluding hydrogens is 287 g/mol. The Bertz CT molecular complexity index is 505. The standard InChI is InChI=1S/C14H16F3NOS/c15-10-1-2-11(13(17)12(10)16)18-9-3-5-19-14(7-9)4-6-20-8-14/h1-2,9,18H,3-8H2. The molecule has 2 heterocycles. The van der Waals surface area contributed by atoms with Crippen molar-refractivity contribution in [3.8, 4) is 0 Å². The minimum Gasteiger partial charge on any atom is -0.380 e. The van der Waals surface area contributed by atoms with Gasteiger partial charge in [-0.15, -0.1) is 0 Å². The lowest BCUT2D eigenvalue weighted by molar-refractivity contribution is -0.0628. The monoisotopic (exact) mass is 303 g/mol. The lowest BCUT2D eigenvalue weighted by Gasteiger charge is -2.38. The van der Waals surface area contributed by atoms with E-state index in [0.717, 1.165) is 36.8 Å². The third kappa shape index (κ3) is 2.63. The highest BCUT2D eigenvalue weighted by atomic mass is 32.2. The van der Waals surface area contributed by atoms with Crippen LogP contribution in [0.3, 0.4) is 0 Å². The maximum absolute atomic E-state index is 13.7. The fourth-order valence-electron chi connectivity index (χ4n) is 2.87. The predicted octanol–water partition coefficient (Wildman–Crippen LogP) is 3.57. The van der Waals surface area contributed by atoms with Crippen molar-refractivity contribution in [1.82, 2.24) is 0 Å². The molecule has 2 aliphatic heterocycles. The molecule has 1 spiro atoms. The average molecular weight is 303 g/mol. The van der Waals surface area contributed by atoms with Gasteiger partial charge in [-0.05, 0) is 37.1 Å². The van der Waals surface area contributed by atoms with Crippen molar-refractivity contribution in [2.75, 3.05) is 23.4 Å². The number of benzene rings is 1. The summed E-state index contributed by atoms with van der Waals surface area (Å²) in [5.41, 5.74) is -0.105. The van der Waals surface area contributed by atoms with Crippen LogP contribution in [0.4, 0.5) is 18.9 Å². The maximum atomic E-state index is 13.7. The SMILES string of the molecule is Fc1ccc(NC2CCOC3(CCSC3)C2)c(F)c1F. The molecule has 0 aromatic heterocycles. The summed E-state index contributed by atoms with van der Waals surface area (Å²) in [6.45, 7) is 0.615. The molecule has 2 atom stereocenters. The highest BCUT2D eigenvalue weighted by Gasteiger charge is 2.40. The molecule has 1 N–H and O–H groups in total. The van der Waals surface area contributed by atoms with Gasteiger partial charge in [0.05, 0.1) is 11.3 Å². The van der Waals surface area contributed by atoms with Gasteiger partial charge in [-0.1, -0.05) is 0 Å². The number of rotatable bonds is 2. The average Bonchev–Trinajstić information content (AvgIpc) is 2.88.